The number of hydrogen-bond acceptors (Lipinski definition) is 1. The predicted molar refractivity (Wildman–Crippen MR) is 82.9 cm³/mol. The lowest BCUT2D eigenvalue weighted by molar-refractivity contribution is 0.0678. The Hall–Kier alpha value is -1.90. The Balaban J connectivity index is 2.08. The van der Waals surface area contributed by atoms with E-state index in [0.717, 1.165) is 19.3 Å². The number of halogens is 1. The van der Waals surface area contributed by atoms with Gasteiger partial charge in [-0.2, -0.15) is 0 Å². The Labute approximate surface area is 124 Å². The van der Waals surface area contributed by atoms with Gasteiger partial charge in [-0.1, -0.05) is 31.2 Å². The summed E-state index contributed by atoms with van der Waals surface area (Å²) in [6.45, 7) is 4.21. The third-order valence-corrected chi connectivity index (χ3v) is 4.59. The van der Waals surface area contributed by atoms with E-state index in [9.17, 15) is 9.18 Å². The average molecular weight is 285 g/mol. The summed E-state index contributed by atoms with van der Waals surface area (Å²) in [4.78, 5) is 14.9. The fraction of sp³-hybridized carbons (Fsp3) is 0.389. The van der Waals surface area contributed by atoms with Crippen LogP contribution < -0.4 is 0 Å². The highest BCUT2D eigenvalue weighted by molar-refractivity contribution is 6.07. The second-order valence-corrected chi connectivity index (χ2v) is 5.84. The number of carbonyl (C=O) groups excluding carboxylic acids is 1. The van der Waals surface area contributed by atoms with E-state index >= 15 is 0 Å². The molecule has 2 atom stereocenters. The number of hydrogen-bond donors (Lipinski definition) is 0. The molecule has 1 saturated heterocycles. The molecule has 110 valence electrons. The van der Waals surface area contributed by atoms with Crippen molar-refractivity contribution < 1.29 is 9.18 Å². The van der Waals surface area contributed by atoms with Crippen molar-refractivity contribution in [3.05, 3.63) is 47.8 Å². The quantitative estimate of drug-likeness (QED) is 0.801. The molecule has 0 aliphatic carbocycles. The largest absolute Gasteiger partial charge is 0.333 e. The molecular formula is C18H20FNO. The van der Waals surface area contributed by atoms with E-state index in [0.29, 0.717) is 22.4 Å². The van der Waals surface area contributed by atoms with Gasteiger partial charge in [-0.05, 0) is 43.7 Å². The summed E-state index contributed by atoms with van der Waals surface area (Å²) in [6, 6.07) is 10.8. The zero-order valence-electron chi connectivity index (χ0n) is 12.5. The Kier molecular flexibility index (Phi) is 3.66. The maximum Gasteiger partial charge on any atom is 0.254 e. The molecule has 1 heterocycles. The highest BCUT2D eigenvalue weighted by Gasteiger charge is 2.34. The Morgan fingerprint density at radius 2 is 1.90 bits per heavy atom. The lowest BCUT2D eigenvalue weighted by Crippen LogP contribution is -2.39. The van der Waals surface area contributed by atoms with Gasteiger partial charge in [-0.3, -0.25) is 4.79 Å². The first-order valence-electron chi connectivity index (χ1n) is 7.63. The SMILES string of the molecule is CCC1CCC(C)N1C(=O)c1ccc(F)c2ccccc12. The summed E-state index contributed by atoms with van der Waals surface area (Å²) in [5, 5.41) is 1.22. The molecule has 1 fully saturated rings. The van der Waals surface area contributed by atoms with Crippen LogP contribution >= 0.6 is 0 Å². The van der Waals surface area contributed by atoms with Gasteiger partial charge in [-0.25, -0.2) is 4.39 Å². The van der Waals surface area contributed by atoms with E-state index in [-0.39, 0.29) is 17.8 Å². The zero-order valence-corrected chi connectivity index (χ0v) is 12.5. The first kappa shape index (κ1) is 14.1. The van der Waals surface area contributed by atoms with Crippen LogP contribution in [0, 0.1) is 5.82 Å². The van der Waals surface area contributed by atoms with Crippen molar-refractivity contribution in [3.8, 4) is 0 Å². The van der Waals surface area contributed by atoms with Crippen LogP contribution in [0.1, 0.15) is 43.5 Å². The van der Waals surface area contributed by atoms with Crippen molar-refractivity contribution in [2.75, 3.05) is 0 Å². The molecule has 2 unspecified atom stereocenters. The number of fused-ring (bicyclic) bond motifs is 1. The molecule has 1 aliphatic rings. The molecule has 3 heteroatoms. The lowest BCUT2D eigenvalue weighted by atomic mass is 10.0. The maximum atomic E-state index is 13.9. The third-order valence-electron chi connectivity index (χ3n) is 4.59. The summed E-state index contributed by atoms with van der Waals surface area (Å²) in [6.07, 6.45) is 3.07. The normalized spacial score (nSPS) is 22.0. The van der Waals surface area contributed by atoms with E-state index < -0.39 is 0 Å². The van der Waals surface area contributed by atoms with Crippen LogP contribution in [0.25, 0.3) is 10.8 Å². The minimum atomic E-state index is -0.274. The Morgan fingerprint density at radius 1 is 1.19 bits per heavy atom. The fourth-order valence-corrected chi connectivity index (χ4v) is 3.43. The van der Waals surface area contributed by atoms with Crippen molar-refractivity contribution in [2.45, 2.75) is 45.2 Å². The molecule has 0 radical (unpaired) electrons. The summed E-state index contributed by atoms with van der Waals surface area (Å²) in [5.74, 6) is -0.244. The van der Waals surface area contributed by atoms with E-state index in [1.54, 1.807) is 18.2 Å². The van der Waals surface area contributed by atoms with Gasteiger partial charge in [-0.15, -0.1) is 0 Å². The second kappa shape index (κ2) is 5.47. The van der Waals surface area contributed by atoms with E-state index in [2.05, 4.69) is 13.8 Å². The van der Waals surface area contributed by atoms with Crippen molar-refractivity contribution in [1.29, 1.82) is 0 Å². The number of nitrogens with zero attached hydrogens (tertiary/aromatic N) is 1. The van der Waals surface area contributed by atoms with Crippen LogP contribution in [0.2, 0.25) is 0 Å². The van der Waals surface area contributed by atoms with Gasteiger partial charge in [0, 0.05) is 23.0 Å². The number of amides is 1. The average Bonchev–Trinajstić information content (AvgIpc) is 2.88. The molecule has 1 aliphatic heterocycles. The second-order valence-electron chi connectivity index (χ2n) is 5.84. The zero-order chi connectivity index (χ0) is 15.0. The Bertz CT molecular complexity index is 682. The van der Waals surface area contributed by atoms with Crippen LogP contribution in [0.15, 0.2) is 36.4 Å². The molecule has 1 amide bonds. The third kappa shape index (κ3) is 2.31. The molecule has 0 spiro atoms. The van der Waals surface area contributed by atoms with Gasteiger partial charge in [0.25, 0.3) is 5.91 Å². The van der Waals surface area contributed by atoms with Gasteiger partial charge < -0.3 is 4.90 Å². The summed E-state index contributed by atoms with van der Waals surface area (Å²) >= 11 is 0. The molecule has 0 aromatic heterocycles. The van der Waals surface area contributed by atoms with Crippen molar-refractivity contribution >= 4 is 16.7 Å². The molecule has 2 aromatic rings. The van der Waals surface area contributed by atoms with Gasteiger partial charge in [0.05, 0.1) is 0 Å². The van der Waals surface area contributed by atoms with E-state index in [1.807, 2.05) is 17.0 Å². The molecule has 3 rings (SSSR count). The molecular weight excluding hydrogens is 265 g/mol. The highest BCUT2D eigenvalue weighted by atomic mass is 19.1. The molecule has 0 saturated carbocycles. The smallest absolute Gasteiger partial charge is 0.254 e. The fourth-order valence-electron chi connectivity index (χ4n) is 3.43. The van der Waals surface area contributed by atoms with E-state index in [1.165, 1.54) is 6.07 Å². The maximum absolute atomic E-state index is 13.9. The van der Waals surface area contributed by atoms with Crippen LogP contribution in [0.3, 0.4) is 0 Å². The van der Waals surface area contributed by atoms with Gasteiger partial charge in [0.1, 0.15) is 5.82 Å². The minimum absolute atomic E-state index is 0.0306. The minimum Gasteiger partial charge on any atom is -0.333 e. The summed E-state index contributed by atoms with van der Waals surface area (Å²) < 4.78 is 13.9. The van der Waals surface area contributed by atoms with Crippen molar-refractivity contribution in [1.82, 2.24) is 4.90 Å². The summed E-state index contributed by atoms with van der Waals surface area (Å²) in [7, 11) is 0. The Morgan fingerprint density at radius 3 is 2.62 bits per heavy atom. The number of rotatable bonds is 2. The van der Waals surface area contributed by atoms with Gasteiger partial charge >= 0.3 is 0 Å². The lowest BCUT2D eigenvalue weighted by Gasteiger charge is -2.28. The summed E-state index contributed by atoms with van der Waals surface area (Å²) in [5.41, 5.74) is 0.610. The van der Waals surface area contributed by atoms with Crippen molar-refractivity contribution in [3.63, 3.8) is 0 Å². The van der Waals surface area contributed by atoms with Crippen LogP contribution in [-0.2, 0) is 0 Å². The monoisotopic (exact) mass is 285 g/mol. The molecule has 2 nitrogen and oxygen atoms in total. The first-order chi connectivity index (χ1) is 10.1. The number of carbonyl (C=O) groups is 1. The number of benzene rings is 2. The predicted octanol–water partition coefficient (Wildman–Crippen LogP) is 4.38. The van der Waals surface area contributed by atoms with Crippen molar-refractivity contribution in [2.24, 2.45) is 0 Å². The first-order valence-corrected chi connectivity index (χ1v) is 7.63. The molecule has 0 bridgehead atoms. The van der Waals surface area contributed by atoms with Gasteiger partial charge in [0.2, 0.25) is 0 Å². The molecule has 2 aromatic carbocycles. The number of likely N-dealkylation sites (tertiary alicyclic amines) is 1. The standard InChI is InChI=1S/C18H20FNO/c1-3-13-9-8-12(2)20(13)18(21)16-10-11-17(19)15-7-5-4-6-14(15)16/h4-7,10-13H,3,8-9H2,1-2H3. The van der Waals surface area contributed by atoms with Crippen LogP contribution in [0.4, 0.5) is 4.39 Å². The van der Waals surface area contributed by atoms with Crippen LogP contribution in [-0.4, -0.2) is 22.9 Å². The van der Waals surface area contributed by atoms with Crippen LogP contribution in [0.5, 0.6) is 0 Å². The van der Waals surface area contributed by atoms with Gasteiger partial charge in [0.15, 0.2) is 0 Å². The topological polar surface area (TPSA) is 20.3 Å². The molecule has 21 heavy (non-hydrogen) atoms. The highest BCUT2D eigenvalue weighted by Crippen LogP contribution is 2.30. The van der Waals surface area contributed by atoms with E-state index in [4.69, 9.17) is 0 Å². The molecule has 0 N–H and O–H groups in total.